The van der Waals surface area contributed by atoms with Gasteiger partial charge in [-0.2, -0.15) is 0 Å². The Morgan fingerprint density at radius 1 is 1.45 bits per heavy atom. The van der Waals surface area contributed by atoms with Crippen molar-refractivity contribution in [1.29, 1.82) is 0 Å². The summed E-state index contributed by atoms with van der Waals surface area (Å²) in [6, 6.07) is 9.26. The number of hydrogen-bond acceptors (Lipinski definition) is 4. The number of carbonyl (C=O) groups excluding carboxylic acids is 1. The van der Waals surface area contributed by atoms with E-state index >= 15 is 0 Å². The van der Waals surface area contributed by atoms with Crippen LogP contribution in [0.3, 0.4) is 0 Å². The molecule has 0 radical (unpaired) electrons. The third-order valence-electron chi connectivity index (χ3n) is 3.30. The molecule has 1 aromatic carbocycles. The summed E-state index contributed by atoms with van der Waals surface area (Å²) in [5, 5.41) is 14.7. The van der Waals surface area contributed by atoms with Gasteiger partial charge in [-0.05, 0) is 34.7 Å². The standard InChI is InChI=1S/C15H15NO3S/c17-12(9-16-15(18)14-2-1-7-20-14)10-3-4-13-11(8-10)5-6-19-13/h1-4,7-8,12,17H,5-6,9H2,(H,16,18). The first-order valence-electron chi connectivity index (χ1n) is 6.49. The SMILES string of the molecule is O=C(NCC(O)c1ccc2c(c1)CCO2)c1cccs1. The minimum absolute atomic E-state index is 0.149. The summed E-state index contributed by atoms with van der Waals surface area (Å²) >= 11 is 1.38. The number of carbonyl (C=O) groups is 1. The highest BCUT2D eigenvalue weighted by molar-refractivity contribution is 7.12. The maximum atomic E-state index is 11.8. The highest BCUT2D eigenvalue weighted by Gasteiger charge is 2.16. The molecule has 1 aromatic heterocycles. The van der Waals surface area contributed by atoms with Crippen LogP contribution in [0.5, 0.6) is 5.75 Å². The van der Waals surface area contributed by atoms with Crippen LogP contribution in [-0.2, 0) is 6.42 Å². The first-order chi connectivity index (χ1) is 9.74. The van der Waals surface area contributed by atoms with Crippen molar-refractivity contribution in [3.05, 3.63) is 51.7 Å². The van der Waals surface area contributed by atoms with Gasteiger partial charge in [-0.25, -0.2) is 0 Å². The highest BCUT2D eigenvalue weighted by atomic mass is 32.1. The summed E-state index contributed by atoms with van der Waals surface area (Å²) < 4.78 is 5.43. The third-order valence-corrected chi connectivity index (χ3v) is 4.17. The first kappa shape index (κ1) is 13.1. The van der Waals surface area contributed by atoms with E-state index in [9.17, 15) is 9.90 Å². The predicted molar refractivity (Wildman–Crippen MR) is 77.3 cm³/mol. The summed E-state index contributed by atoms with van der Waals surface area (Å²) in [5.41, 5.74) is 1.92. The maximum Gasteiger partial charge on any atom is 0.261 e. The number of amides is 1. The Morgan fingerprint density at radius 3 is 3.15 bits per heavy atom. The second-order valence-corrected chi connectivity index (χ2v) is 5.62. The number of nitrogens with one attached hydrogen (secondary N) is 1. The van der Waals surface area contributed by atoms with Gasteiger partial charge in [0.1, 0.15) is 5.75 Å². The van der Waals surface area contributed by atoms with E-state index in [-0.39, 0.29) is 12.5 Å². The molecule has 3 rings (SSSR count). The molecule has 2 aromatic rings. The minimum Gasteiger partial charge on any atom is -0.493 e. The number of rotatable bonds is 4. The number of aliphatic hydroxyl groups is 1. The lowest BCUT2D eigenvalue weighted by Crippen LogP contribution is -2.27. The number of ether oxygens (including phenoxy) is 1. The second kappa shape index (κ2) is 5.64. The predicted octanol–water partition coefficient (Wildman–Crippen LogP) is 2.15. The average Bonchev–Trinajstić information content (AvgIpc) is 3.13. The molecule has 104 valence electrons. The van der Waals surface area contributed by atoms with Crippen molar-refractivity contribution in [1.82, 2.24) is 5.32 Å². The molecule has 1 unspecified atom stereocenters. The van der Waals surface area contributed by atoms with Crippen LogP contribution >= 0.6 is 11.3 Å². The Bertz CT molecular complexity index is 610. The number of aliphatic hydroxyl groups excluding tert-OH is 1. The molecule has 0 fully saturated rings. The molecular weight excluding hydrogens is 274 g/mol. The molecular formula is C15H15NO3S. The van der Waals surface area contributed by atoms with Crippen LogP contribution in [0, 0.1) is 0 Å². The Morgan fingerprint density at radius 2 is 2.35 bits per heavy atom. The van der Waals surface area contributed by atoms with Gasteiger partial charge >= 0.3 is 0 Å². The molecule has 0 bridgehead atoms. The van der Waals surface area contributed by atoms with Gasteiger partial charge in [0.05, 0.1) is 17.6 Å². The molecule has 1 atom stereocenters. The van der Waals surface area contributed by atoms with Crippen molar-refractivity contribution >= 4 is 17.2 Å². The molecule has 5 heteroatoms. The lowest BCUT2D eigenvalue weighted by molar-refractivity contribution is 0.0920. The van der Waals surface area contributed by atoms with E-state index in [1.54, 1.807) is 6.07 Å². The summed E-state index contributed by atoms with van der Waals surface area (Å²) in [4.78, 5) is 12.4. The van der Waals surface area contributed by atoms with E-state index < -0.39 is 6.10 Å². The van der Waals surface area contributed by atoms with Crippen molar-refractivity contribution in [2.24, 2.45) is 0 Å². The second-order valence-electron chi connectivity index (χ2n) is 4.67. The molecule has 20 heavy (non-hydrogen) atoms. The highest BCUT2D eigenvalue weighted by Crippen LogP contribution is 2.28. The zero-order valence-electron chi connectivity index (χ0n) is 10.8. The van der Waals surface area contributed by atoms with Gasteiger partial charge in [0, 0.05) is 13.0 Å². The van der Waals surface area contributed by atoms with Crippen LogP contribution in [0.1, 0.15) is 26.9 Å². The van der Waals surface area contributed by atoms with Crippen LogP contribution in [0.25, 0.3) is 0 Å². The van der Waals surface area contributed by atoms with Gasteiger partial charge < -0.3 is 15.2 Å². The van der Waals surface area contributed by atoms with E-state index in [1.165, 1.54) is 11.3 Å². The van der Waals surface area contributed by atoms with Crippen LogP contribution in [0.2, 0.25) is 0 Å². The lowest BCUT2D eigenvalue weighted by Gasteiger charge is -2.13. The van der Waals surface area contributed by atoms with Crippen molar-refractivity contribution < 1.29 is 14.6 Å². The first-order valence-corrected chi connectivity index (χ1v) is 7.37. The largest absolute Gasteiger partial charge is 0.493 e. The number of hydrogen-bond donors (Lipinski definition) is 2. The molecule has 4 nitrogen and oxygen atoms in total. The quantitative estimate of drug-likeness (QED) is 0.906. The van der Waals surface area contributed by atoms with Crippen LogP contribution in [-0.4, -0.2) is 24.2 Å². The van der Waals surface area contributed by atoms with E-state index in [1.807, 2.05) is 29.6 Å². The minimum atomic E-state index is -0.704. The summed E-state index contributed by atoms with van der Waals surface area (Å²) in [5.74, 6) is 0.743. The van der Waals surface area contributed by atoms with E-state index in [2.05, 4.69) is 5.32 Å². The van der Waals surface area contributed by atoms with Crippen LogP contribution in [0.4, 0.5) is 0 Å². The fourth-order valence-electron chi connectivity index (χ4n) is 2.22. The number of fused-ring (bicyclic) bond motifs is 1. The Kier molecular flexibility index (Phi) is 3.71. The fourth-order valence-corrected chi connectivity index (χ4v) is 2.86. The number of thiophene rings is 1. The van der Waals surface area contributed by atoms with Gasteiger partial charge in [0.25, 0.3) is 5.91 Å². The van der Waals surface area contributed by atoms with Gasteiger partial charge in [-0.15, -0.1) is 11.3 Å². The molecule has 2 N–H and O–H groups in total. The monoisotopic (exact) mass is 289 g/mol. The molecule has 0 saturated heterocycles. The summed E-state index contributed by atoms with van der Waals surface area (Å²) in [6.45, 7) is 0.903. The number of benzene rings is 1. The Balaban J connectivity index is 1.62. The zero-order valence-corrected chi connectivity index (χ0v) is 11.7. The average molecular weight is 289 g/mol. The van der Waals surface area contributed by atoms with E-state index in [4.69, 9.17) is 4.74 Å². The van der Waals surface area contributed by atoms with Crippen LogP contribution in [0.15, 0.2) is 35.7 Å². The van der Waals surface area contributed by atoms with Gasteiger partial charge in [-0.3, -0.25) is 4.79 Å². The van der Waals surface area contributed by atoms with Crippen molar-refractivity contribution in [3.63, 3.8) is 0 Å². The van der Waals surface area contributed by atoms with Crippen molar-refractivity contribution in [2.45, 2.75) is 12.5 Å². The van der Waals surface area contributed by atoms with Gasteiger partial charge in [-0.1, -0.05) is 12.1 Å². The molecule has 0 saturated carbocycles. The van der Waals surface area contributed by atoms with Gasteiger partial charge in [0.2, 0.25) is 0 Å². The lowest BCUT2D eigenvalue weighted by atomic mass is 10.0. The summed E-state index contributed by atoms with van der Waals surface area (Å²) in [7, 11) is 0. The smallest absolute Gasteiger partial charge is 0.261 e. The van der Waals surface area contributed by atoms with E-state index in [0.29, 0.717) is 11.5 Å². The topological polar surface area (TPSA) is 58.6 Å². The Labute approximate surface area is 121 Å². The molecule has 0 spiro atoms. The fraction of sp³-hybridized carbons (Fsp3) is 0.267. The van der Waals surface area contributed by atoms with Crippen molar-refractivity contribution in [3.8, 4) is 5.75 Å². The van der Waals surface area contributed by atoms with Gasteiger partial charge in [0.15, 0.2) is 0 Å². The summed E-state index contributed by atoms with van der Waals surface area (Å²) in [6.07, 6.45) is 0.169. The maximum absolute atomic E-state index is 11.8. The molecule has 1 amide bonds. The normalized spacial score (nSPS) is 14.4. The molecule has 2 heterocycles. The molecule has 1 aliphatic heterocycles. The molecule has 1 aliphatic rings. The third kappa shape index (κ3) is 2.69. The van der Waals surface area contributed by atoms with E-state index in [0.717, 1.165) is 23.3 Å². The Hall–Kier alpha value is -1.85. The van der Waals surface area contributed by atoms with Crippen molar-refractivity contribution in [2.75, 3.05) is 13.2 Å². The van der Waals surface area contributed by atoms with Crippen LogP contribution < -0.4 is 10.1 Å². The zero-order chi connectivity index (χ0) is 13.9. The molecule has 0 aliphatic carbocycles.